The molecule has 0 unspecified atom stereocenters. The third-order valence-electron chi connectivity index (χ3n) is 9.88. The van der Waals surface area contributed by atoms with Gasteiger partial charge in [0.1, 0.15) is 0 Å². The summed E-state index contributed by atoms with van der Waals surface area (Å²) in [5.74, 6) is 0. The number of hydrogen-bond donors (Lipinski definition) is 0. The fourth-order valence-electron chi connectivity index (χ4n) is 6.99. The fraction of sp³-hybridized carbons (Fsp3) is 0.244. The first-order valence-corrected chi connectivity index (χ1v) is 18.2. The zero-order valence-electron chi connectivity index (χ0n) is 30.6. The molecule has 0 atom stereocenters. The molecule has 0 saturated carbocycles. The molecule has 54 heavy (non-hydrogen) atoms. The van der Waals surface area contributed by atoms with Gasteiger partial charge in [0.25, 0.3) is 0 Å². The Morgan fingerprint density at radius 3 is 1.69 bits per heavy atom. The molecule has 5 aromatic carbocycles. The first kappa shape index (κ1) is 43.4. The summed E-state index contributed by atoms with van der Waals surface area (Å²) in [6, 6.07) is 25.2. The molecule has 0 spiro atoms. The summed E-state index contributed by atoms with van der Waals surface area (Å²) in [6.07, 6.45) is 2.39. The molecule has 280 valence electrons. The second kappa shape index (κ2) is 16.0. The van der Waals surface area contributed by atoms with Gasteiger partial charge in [0.2, 0.25) is 0 Å². The monoisotopic (exact) mass is 852 g/mol. The fourth-order valence-corrected chi connectivity index (χ4v) is 7.75. The SMILES string of the molecule is CC1(C)[C-]=Cc2cc3c(cc21)Cc1cc2c(cc1-3)C=CC2(C)C.Cc1c[cH-]c(C)c1.FC(F)(F)c1cccc([C](=[Zr+2])c2cccc(C(F)(F)F)c2)c1.[Cl-].[Cl-]. The quantitative estimate of drug-likeness (QED) is 0.137. The zero-order chi connectivity index (χ0) is 37.8. The number of alkyl halides is 6. The molecule has 0 saturated heterocycles. The molecule has 5 aromatic rings. The molecule has 8 rings (SSSR count). The Hall–Kier alpha value is -3.38. The summed E-state index contributed by atoms with van der Waals surface area (Å²) in [7, 11) is 0. The Morgan fingerprint density at radius 2 is 1.22 bits per heavy atom. The van der Waals surface area contributed by atoms with E-state index in [1.165, 1.54) is 79.9 Å². The van der Waals surface area contributed by atoms with Crippen LogP contribution in [0.15, 0.2) is 97.1 Å². The Labute approximate surface area is 340 Å². The minimum Gasteiger partial charge on any atom is -1.00 e. The molecule has 3 aliphatic carbocycles. The van der Waals surface area contributed by atoms with Crippen LogP contribution in [0.2, 0.25) is 0 Å². The van der Waals surface area contributed by atoms with Crippen LogP contribution >= 0.6 is 0 Å². The van der Waals surface area contributed by atoms with Gasteiger partial charge >= 0.3 is 137 Å². The Kier molecular flexibility index (Phi) is 12.8. The van der Waals surface area contributed by atoms with Crippen molar-refractivity contribution in [2.75, 3.05) is 0 Å². The third-order valence-corrected chi connectivity index (χ3v) is 11.3. The van der Waals surface area contributed by atoms with E-state index in [0.717, 1.165) is 54.9 Å². The molecule has 0 bridgehead atoms. The molecule has 9 heteroatoms. The van der Waals surface area contributed by atoms with Gasteiger partial charge in [-0.25, -0.2) is 17.7 Å². The number of rotatable bonds is 2. The minimum atomic E-state index is -4.49. The van der Waals surface area contributed by atoms with Gasteiger partial charge in [-0.05, 0) is 45.9 Å². The van der Waals surface area contributed by atoms with Gasteiger partial charge in [-0.15, -0.1) is 11.6 Å². The van der Waals surface area contributed by atoms with E-state index in [-0.39, 0.29) is 46.8 Å². The number of allylic oxidation sites excluding steroid dienone is 2. The predicted octanol–water partition coefficient (Wildman–Crippen LogP) is 6.54. The summed E-state index contributed by atoms with van der Waals surface area (Å²) in [6.45, 7) is 13.3. The normalized spacial score (nSPS) is 14.9. The minimum absolute atomic E-state index is 0. The first-order chi connectivity index (χ1) is 24.2. The Bertz CT molecular complexity index is 2100. The summed E-state index contributed by atoms with van der Waals surface area (Å²) in [5.41, 5.74) is 13.3. The Morgan fingerprint density at radius 1 is 0.704 bits per heavy atom. The van der Waals surface area contributed by atoms with Crippen LogP contribution in [-0.4, -0.2) is 3.21 Å². The molecular weight excluding hydrogens is 817 g/mol. The van der Waals surface area contributed by atoms with Gasteiger partial charge in [-0.1, -0.05) is 71.2 Å². The second-order valence-corrected chi connectivity index (χ2v) is 16.1. The van der Waals surface area contributed by atoms with E-state index in [0.29, 0.717) is 3.21 Å². The van der Waals surface area contributed by atoms with Gasteiger partial charge in [0.05, 0.1) is 0 Å². The number of benzene rings is 4. The van der Waals surface area contributed by atoms with Gasteiger partial charge in [0.15, 0.2) is 0 Å². The molecular formula is C45H38Cl2F6Zr-2. The van der Waals surface area contributed by atoms with Crippen molar-refractivity contribution in [3.05, 3.63) is 170 Å². The molecule has 0 fully saturated rings. The van der Waals surface area contributed by atoms with Gasteiger partial charge in [-0.3, -0.25) is 6.08 Å². The largest absolute Gasteiger partial charge is 1.00 e. The van der Waals surface area contributed by atoms with Gasteiger partial charge < -0.3 is 24.8 Å². The van der Waals surface area contributed by atoms with Crippen LogP contribution in [0.1, 0.15) is 94.5 Å². The van der Waals surface area contributed by atoms with E-state index < -0.39 is 23.5 Å². The molecule has 0 heterocycles. The number of aryl methyl sites for hydroxylation is 2. The third kappa shape index (κ3) is 9.18. The molecule has 0 nitrogen and oxygen atoms in total. The van der Waals surface area contributed by atoms with Crippen molar-refractivity contribution >= 4 is 15.4 Å². The maximum absolute atomic E-state index is 12.7. The van der Waals surface area contributed by atoms with Crippen molar-refractivity contribution in [3.63, 3.8) is 0 Å². The molecule has 0 radical (unpaired) electrons. The van der Waals surface area contributed by atoms with Crippen LogP contribution < -0.4 is 24.8 Å². The van der Waals surface area contributed by atoms with Crippen molar-refractivity contribution in [2.24, 2.45) is 0 Å². The van der Waals surface area contributed by atoms with E-state index in [1.807, 2.05) is 0 Å². The van der Waals surface area contributed by atoms with Gasteiger partial charge in [0, 0.05) is 5.41 Å². The maximum atomic E-state index is 12.7. The van der Waals surface area contributed by atoms with Crippen molar-refractivity contribution in [1.29, 1.82) is 0 Å². The number of hydrogen-bond acceptors (Lipinski definition) is 0. The summed E-state index contributed by atoms with van der Waals surface area (Å²) >= 11 is 0.729. The van der Waals surface area contributed by atoms with Crippen LogP contribution in [0.4, 0.5) is 26.3 Å². The average Bonchev–Trinajstić information content (AvgIpc) is 3.81. The molecule has 0 N–H and O–H groups in total. The average molecular weight is 855 g/mol. The number of fused-ring (bicyclic) bond motifs is 5. The van der Waals surface area contributed by atoms with Crippen molar-refractivity contribution in [3.8, 4) is 11.1 Å². The van der Waals surface area contributed by atoms with Crippen LogP contribution in [0, 0.1) is 19.9 Å². The Balaban J connectivity index is 0.000000198. The maximum Gasteiger partial charge on any atom is -1.00 e. The van der Waals surface area contributed by atoms with E-state index >= 15 is 0 Å². The van der Waals surface area contributed by atoms with Crippen LogP contribution in [0.25, 0.3) is 23.3 Å². The second-order valence-electron chi connectivity index (χ2n) is 14.8. The number of halogens is 8. The van der Waals surface area contributed by atoms with E-state index in [9.17, 15) is 26.3 Å². The van der Waals surface area contributed by atoms with Crippen LogP contribution in [0.5, 0.6) is 0 Å². The van der Waals surface area contributed by atoms with E-state index in [4.69, 9.17) is 0 Å². The standard InChI is InChI=1S/C23H21.C15H8F6.C7H9.2ClH.Zr/c1-22(2)7-5-14-10-18-16(12-20(14)22)9-17-13-21-15(11-19(17)18)6-8-23(21,3)4;16-14(17,18)12-5-1-3-10(8-12)7-11-4-2-6-13(9-11)15(19,20)21;1-6-3-4-7(2)5-6;;;/h5-7,10-13H,9H2,1-4H3;1-6,8-9H;3-5H,1-2H3;2*1H;/q-1;;-1;;;+2/p-2. The van der Waals surface area contributed by atoms with Crippen molar-refractivity contribution in [1.82, 2.24) is 0 Å². The van der Waals surface area contributed by atoms with Crippen molar-refractivity contribution < 1.29 is 75.4 Å². The van der Waals surface area contributed by atoms with Crippen molar-refractivity contribution in [2.45, 2.75) is 71.1 Å². The molecule has 0 aliphatic heterocycles. The summed E-state index contributed by atoms with van der Waals surface area (Å²) in [5, 5.41) is 0. The first-order valence-electron chi connectivity index (χ1n) is 17.0. The van der Waals surface area contributed by atoms with E-state index in [1.54, 1.807) is 0 Å². The topological polar surface area (TPSA) is 0 Å². The van der Waals surface area contributed by atoms with Crippen LogP contribution in [0.3, 0.4) is 0 Å². The molecule has 0 amide bonds. The zero-order valence-corrected chi connectivity index (χ0v) is 34.6. The van der Waals surface area contributed by atoms with E-state index in [2.05, 4.69) is 108 Å². The summed E-state index contributed by atoms with van der Waals surface area (Å²) < 4.78 is 76.7. The van der Waals surface area contributed by atoms with Crippen LogP contribution in [-0.2, 0) is 53.8 Å². The van der Waals surface area contributed by atoms with Gasteiger partial charge in [-0.2, -0.15) is 23.3 Å². The predicted molar refractivity (Wildman–Crippen MR) is 195 cm³/mol. The smallest absolute Gasteiger partial charge is 1.00 e. The molecule has 0 aromatic heterocycles. The summed E-state index contributed by atoms with van der Waals surface area (Å²) in [4.78, 5) is 0. The molecule has 3 aliphatic rings.